The molecule has 1 saturated heterocycles. The molecule has 1 N–H and O–H groups in total. The van der Waals surface area contributed by atoms with Crippen molar-refractivity contribution in [2.75, 3.05) is 32.8 Å². The molecule has 4 nitrogen and oxygen atoms in total. The van der Waals surface area contributed by atoms with Crippen LogP contribution in [0.2, 0.25) is 0 Å². The van der Waals surface area contributed by atoms with Gasteiger partial charge in [0.1, 0.15) is 0 Å². The molecule has 1 unspecified atom stereocenters. The molecule has 1 amide bonds. The Morgan fingerprint density at radius 1 is 1.60 bits per heavy atom. The van der Waals surface area contributed by atoms with Gasteiger partial charge in [-0.05, 0) is 17.7 Å². The summed E-state index contributed by atoms with van der Waals surface area (Å²) in [5, 5.41) is 2.80. The quantitative estimate of drug-likeness (QED) is 0.836. The highest BCUT2D eigenvalue weighted by atomic mass is 79.9. The van der Waals surface area contributed by atoms with E-state index in [0.717, 1.165) is 23.1 Å². The van der Waals surface area contributed by atoms with Gasteiger partial charge in [0.25, 0.3) is 0 Å². The van der Waals surface area contributed by atoms with Gasteiger partial charge in [-0.15, -0.1) is 6.58 Å². The Balaban J connectivity index is 1.91. The van der Waals surface area contributed by atoms with Gasteiger partial charge in [0, 0.05) is 24.1 Å². The fraction of sp³-hybridized carbons (Fsp3) is 0.400. The number of halogens is 1. The molecule has 1 atom stereocenters. The van der Waals surface area contributed by atoms with Crippen molar-refractivity contribution in [1.29, 1.82) is 0 Å². The normalized spacial score (nSPS) is 19.6. The molecule has 2 rings (SSSR count). The molecule has 5 heteroatoms. The average molecular weight is 339 g/mol. The number of ether oxygens (including phenoxy) is 1. The van der Waals surface area contributed by atoms with Gasteiger partial charge in [0.15, 0.2) is 0 Å². The highest BCUT2D eigenvalue weighted by Crippen LogP contribution is 2.24. The number of morpholine rings is 1. The zero-order chi connectivity index (χ0) is 14.4. The summed E-state index contributed by atoms with van der Waals surface area (Å²) in [6.45, 7) is 6.67. The Labute approximate surface area is 127 Å². The Morgan fingerprint density at radius 3 is 3.20 bits per heavy atom. The average Bonchev–Trinajstić information content (AvgIpc) is 2.45. The Kier molecular flexibility index (Phi) is 5.76. The number of hydrogen-bond donors (Lipinski definition) is 1. The van der Waals surface area contributed by atoms with Gasteiger partial charge >= 0.3 is 0 Å². The lowest BCUT2D eigenvalue weighted by atomic mass is 10.1. The van der Waals surface area contributed by atoms with Crippen LogP contribution < -0.4 is 5.32 Å². The largest absolute Gasteiger partial charge is 0.371 e. The number of carbonyl (C=O) groups is 1. The second-order valence-corrected chi connectivity index (χ2v) is 5.66. The Morgan fingerprint density at radius 2 is 2.45 bits per heavy atom. The van der Waals surface area contributed by atoms with Crippen molar-refractivity contribution in [3.8, 4) is 0 Å². The second-order valence-electron chi connectivity index (χ2n) is 4.74. The lowest BCUT2D eigenvalue weighted by molar-refractivity contribution is -0.124. The Bertz CT molecular complexity index is 479. The molecule has 1 aliphatic rings. The van der Waals surface area contributed by atoms with E-state index in [1.807, 2.05) is 12.1 Å². The van der Waals surface area contributed by atoms with Crippen LogP contribution in [0.3, 0.4) is 0 Å². The van der Waals surface area contributed by atoms with Crippen LogP contribution in [0.15, 0.2) is 41.4 Å². The first kappa shape index (κ1) is 15.2. The fourth-order valence-corrected chi connectivity index (χ4v) is 2.62. The number of amides is 1. The lowest BCUT2D eigenvalue weighted by Gasteiger charge is -2.32. The van der Waals surface area contributed by atoms with Crippen molar-refractivity contribution in [3.05, 3.63) is 47.0 Å². The maximum absolute atomic E-state index is 11.7. The van der Waals surface area contributed by atoms with Crippen LogP contribution in [0.4, 0.5) is 0 Å². The van der Waals surface area contributed by atoms with E-state index in [0.29, 0.717) is 19.7 Å². The van der Waals surface area contributed by atoms with E-state index in [1.54, 1.807) is 6.08 Å². The van der Waals surface area contributed by atoms with E-state index in [4.69, 9.17) is 4.74 Å². The van der Waals surface area contributed by atoms with Gasteiger partial charge in [-0.2, -0.15) is 0 Å². The van der Waals surface area contributed by atoms with Crippen molar-refractivity contribution in [2.45, 2.75) is 6.10 Å². The summed E-state index contributed by atoms with van der Waals surface area (Å²) in [5.74, 6) is 0.0276. The Hall–Kier alpha value is -1.17. The summed E-state index contributed by atoms with van der Waals surface area (Å²) in [6, 6.07) is 8.11. The van der Waals surface area contributed by atoms with E-state index < -0.39 is 0 Å². The zero-order valence-corrected chi connectivity index (χ0v) is 12.9. The minimum absolute atomic E-state index is 0.0217. The minimum Gasteiger partial charge on any atom is -0.371 e. The number of rotatable bonds is 5. The number of hydrogen-bond acceptors (Lipinski definition) is 3. The molecule has 1 aliphatic heterocycles. The molecular formula is C15H19BrN2O2. The van der Waals surface area contributed by atoms with Gasteiger partial charge in [-0.1, -0.05) is 34.1 Å². The van der Waals surface area contributed by atoms with E-state index in [1.165, 1.54) is 0 Å². The highest BCUT2D eigenvalue weighted by Gasteiger charge is 2.23. The molecule has 1 heterocycles. The molecule has 0 bridgehead atoms. The predicted octanol–water partition coefficient (Wildman–Crippen LogP) is 2.12. The first-order valence-electron chi connectivity index (χ1n) is 6.66. The summed E-state index contributed by atoms with van der Waals surface area (Å²) in [7, 11) is 0. The number of nitrogens with one attached hydrogen (secondary N) is 1. The zero-order valence-electron chi connectivity index (χ0n) is 11.3. The van der Waals surface area contributed by atoms with Gasteiger partial charge in [0.2, 0.25) is 5.91 Å². The van der Waals surface area contributed by atoms with Crippen LogP contribution in [-0.4, -0.2) is 43.6 Å². The summed E-state index contributed by atoms with van der Waals surface area (Å²) in [5.41, 5.74) is 1.13. The molecule has 1 aromatic carbocycles. The molecule has 0 saturated carbocycles. The lowest BCUT2D eigenvalue weighted by Crippen LogP contribution is -2.44. The maximum Gasteiger partial charge on any atom is 0.234 e. The van der Waals surface area contributed by atoms with Crippen LogP contribution in [0.25, 0.3) is 0 Å². The molecule has 1 fully saturated rings. The SMILES string of the molecule is C=CCNC(=O)CN1CCOC(c2cccc(Br)c2)C1. The van der Waals surface area contributed by atoms with Crippen LogP contribution in [0.5, 0.6) is 0 Å². The van der Waals surface area contributed by atoms with E-state index >= 15 is 0 Å². The molecule has 0 aromatic heterocycles. The van der Waals surface area contributed by atoms with Crippen molar-refractivity contribution >= 4 is 21.8 Å². The molecule has 20 heavy (non-hydrogen) atoms. The van der Waals surface area contributed by atoms with Crippen molar-refractivity contribution < 1.29 is 9.53 Å². The van der Waals surface area contributed by atoms with Gasteiger partial charge in [0.05, 0.1) is 19.3 Å². The van der Waals surface area contributed by atoms with E-state index in [2.05, 4.69) is 44.9 Å². The molecular weight excluding hydrogens is 320 g/mol. The van der Waals surface area contributed by atoms with Gasteiger partial charge in [-0.25, -0.2) is 0 Å². The monoisotopic (exact) mass is 338 g/mol. The van der Waals surface area contributed by atoms with Crippen LogP contribution in [0.1, 0.15) is 11.7 Å². The number of carbonyl (C=O) groups excluding carboxylic acids is 1. The summed E-state index contributed by atoms with van der Waals surface area (Å²) >= 11 is 3.47. The third-order valence-corrected chi connectivity index (χ3v) is 3.68. The van der Waals surface area contributed by atoms with Crippen LogP contribution in [0, 0.1) is 0 Å². The third kappa shape index (κ3) is 4.44. The second kappa shape index (κ2) is 7.57. The standard InChI is InChI=1S/C15H19BrN2O2/c1-2-6-17-15(19)11-18-7-8-20-14(10-18)12-4-3-5-13(16)9-12/h2-5,9,14H,1,6-8,10-11H2,(H,17,19). The molecule has 108 valence electrons. The summed E-state index contributed by atoms with van der Waals surface area (Å²) < 4.78 is 6.84. The molecule has 1 aromatic rings. The molecule has 0 radical (unpaired) electrons. The van der Waals surface area contributed by atoms with Crippen molar-refractivity contribution in [3.63, 3.8) is 0 Å². The predicted molar refractivity (Wildman–Crippen MR) is 82.5 cm³/mol. The molecule has 0 spiro atoms. The van der Waals surface area contributed by atoms with E-state index in [-0.39, 0.29) is 12.0 Å². The summed E-state index contributed by atoms with van der Waals surface area (Å²) in [6.07, 6.45) is 1.70. The van der Waals surface area contributed by atoms with E-state index in [9.17, 15) is 4.79 Å². The van der Waals surface area contributed by atoms with Crippen LogP contribution in [-0.2, 0) is 9.53 Å². The summed E-state index contributed by atoms with van der Waals surface area (Å²) in [4.78, 5) is 13.8. The highest BCUT2D eigenvalue weighted by molar-refractivity contribution is 9.10. The maximum atomic E-state index is 11.7. The number of nitrogens with zero attached hydrogens (tertiary/aromatic N) is 1. The van der Waals surface area contributed by atoms with Gasteiger partial charge in [-0.3, -0.25) is 9.69 Å². The number of benzene rings is 1. The molecule has 0 aliphatic carbocycles. The first-order valence-corrected chi connectivity index (χ1v) is 7.45. The van der Waals surface area contributed by atoms with Gasteiger partial charge < -0.3 is 10.1 Å². The van der Waals surface area contributed by atoms with Crippen molar-refractivity contribution in [1.82, 2.24) is 10.2 Å². The smallest absolute Gasteiger partial charge is 0.234 e. The topological polar surface area (TPSA) is 41.6 Å². The fourth-order valence-electron chi connectivity index (χ4n) is 2.20. The third-order valence-electron chi connectivity index (χ3n) is 3.18. The van der Waals surface area contributed by atoms with Crippen LogP contribution >= 0.6 is 15.9 Å². The minimum atomic E-state index is 0.0217. The first-order chi connectivity index (χ1) is 9.69. The van der Waals surface area contributed by atoms with Crippen molar-refractivity contribution in [2.24, 2.45) is 0 Å².